The summed E-state index contributed by atoms with van der Waals surface area (Å²) < 4.78 is 71.0. The predicted octanol–water partition coefficient (Wildman–Crippen LogP) is 0.881. The number of alkyl halides is 3. The molecule has 2 aromatic rings. The van der Waals surface area contributed by atoms with E-state index >= 15 is 0 Å². The quantitative estimate of drug-likeness (QED) is 0.854. The number of aromatic nitrogens is 3. The molecule has 0 fully saturated rings. The van der Waals surface area contributed by atoms with Gasteiger partial charge in [-0.3, -0.25) is 4.68 Å². The maximum Gasteiger partial charge on any atom is 0.408 e. The monoisotopic (exact) mass is 339 g/mol. The second-order valence-corrected chi connectivity index (χ2v) is 6.15. The highest BCUT2D eigenvalue weighted by Crippen LogP contribution is 2.34. The molecule has 1 atom stereocenters. The third kappa shape index (κ3) is 3.06. The summed E-state index contributed by atoms with van der Waals surface area (Å²) in [6, 6.07) is -2.47. The summed E-state index contributed by atoms with van der Waals surface area (Å²) >= 11 is 0. The van der Waals surface area contributed by atoms with Gasteiger partial charge >= 0.3 is 6.18 Å². The van der Waals surface area contributed by atoms with Crippen molar-refractivity contribution in [1.82, 2.24) is 19.7 Å². The first kappa shape index (κ1) is 16.3. The van der Waals surface area contributed by atoms with Crippen LogP contribution in [-0.4, -0.2) is 29.5 Å². The Labute approximate surface area is 123 Å². The van der Waals surface area contributed by atoms with Gasteiger partial charge in [-0.15, -0.1) is 0 Å². The Balaban J connectivity index is 2.44. The first-order valence-electron chi connectivity index (χ1n) is 5.81. The summed E-state index contributed by atoms with van der Waals surface area (Å²) in [7, 11) is -3.18. The molecule has 0 saturated carbocycles. The number of anilines is 1. The first-order valence-corrected chi connectivity index (χ1v) is 7.30. The minimum Gasteiger partial charge on any atom is -0.380 e. The molecule has 1 unspecified atom stereocenters. The Bertz CT molecular complexity index is 761. The van der Waals surface area contributed by atoms with Crippen molar-refractivity contribution >= 4 is 15.8 Å². The molecule has 0 aromatic carbocycles. The molecular weight excluding hydrogens is 327 g/mol. The van der Waals surface area contributed by atoms with E-state index in [1.54, 1.807) is 4.72 Å². The predicted molar refractivity (Wildman–Crippen MR) is 68.0 cm³/mol. The van der Waals surface area contributed by atoms with Crippen LogP contribution in [0.15, 0.2) is 21.8 Å². The molecule has 12 heteroatoms. The van der Waals surface area contributed by atoms with Crippen LogP contribution in [-0.2, 0) is 17.1 Å². The van der Waals surface area contributed by atoms with Crippen LogP contribution in [0.4, 0.5) is 19.0 Å². The lowest BCUT2D eigenvalue weighted by Crippen LogP contribution is -2.38. The molecule has 0 bridgehead atoms. The number of halogens is 3. The molecule has 0 aliphatic carbocycles. The Morgan fingerprint density at radius 2 is 2.09 bits per heavy atom. The molecule has 8 nitrogen and oxygen atoms in total. The van der Waals surface area contributed by atoms with E-state index in [1.807, 2.05) is 0 Å². The fraction of sp³-hybridized carbons (Fsp3) is 0.400. The van der Waals surface area contributed by atoms with Gasteiger partial charge < -0.3 is 10.3 Å². The lowest BCUT2D eigenvalue weighted by Gasteiger charge is -2.20. The molecule has 0 amide bonds. The van der Waals surface area contributed by atoms with Crippen LogP contribution >= 0.6 is 0 Å². The highest BCUT2D eigenvalue weighted by atomic mass is 32.2. The van der Waals surface area contributed by atoms with Gasteiger partial charge in [-0.2, -0.15) is 23.0 Å². The molecule has 0 radical (unpaired) electrons. The van der Waals surface area contributed by atoms with Crippen molar-refractivity contribution in [2.75, 3.05) is 5.73 Å². The number of hydrogen-bond acceptors (Lipinski definition) is 6. The second kappa shape index (κ2) is 5.28. The van der Waals surface area contributed by atoms with Gasteiger partial charge in [0.25, 0.3) is 0 Å². The number of nitrogens with zero attached hydrogens (tertiary/aromatic N) is 3. The fourth-order valence-electron chi connectivity index (χ4n) is 1.83. The smallest absolute Gasteiger partial charge is 0.380 e. The van der Waals surface area contributed by atoms with E-state index in [1.165, 1.54) is 14.0 Å². The number of aryl methyl sites for hydroxylation is 2. The summed E-state index contributed by atoms with van der Waals surface area (Å²) in [6.07, 6.45) is -2.88. The summed E-state index contributed by atoms with van der Waals surface area (Å²) in [5.74, 6) is -0.728. The van der Waals surface area contributed by atoms with Gasteiger partial charge in [-0.05, 0) is 6.92 Å². The van der Waals surface area contributed by atoms with Crippen LogP contribution in [0.3, 0.4) is 0 Å². The number of hydrogen-bond donors (Lipinski definition) is 2. The van der Waals surface area contributed by atoms with Gasteiger partial charge in [0.15, 0.2) is 16.5 Å². The van der Waals surface area contributed by atoms with Gasteiger partial charge in [0.05, 0.1) is 6.20 Å². The van der Waals surface area contributed by atoms with E-state index in [4.69, 9.17) is 5.73 Å². The summed E-state index contributed by atoms with van der Waals surface area (Å²) in [5, 5.41) is 6.82. The molecule has 22 heavy (non-hydrogen) atoms. The maximum absolute atomic E-state index is 13.2. The molecule has 2 aromatic heterocycles. The lowest BCUT2D eigenvalue weighted by atomic mass is 10.2. The van der Waals surface area contributed by atoms with Gasteiger partial charge in [-0.25, -0.2) is 8.42 Å². The second-order valence-electron chi connectivity index (χ2n) is 4.50. The summed E-state index contributed by atoms with van der Waals surface area (Å²) in [4.78, 5) is -0.620. The summed E-state index contributed by atoms with van der Waals surface area (Å²) in [5.41, 5.74) is 4.98. The van der Waals surface area contributed by atoms with Crippen molar-refractivity contribution in [2.45, 2.75) is 24.0 Å². The van der Waals surface area contributed by atoms with Gasteiger partial charge in [0.2, 0.25) is 10.0 Å². The van der Waals surface area contributed by atoms with Gasteiger partial charge in [-0.1, -0.05) is 5.16 Å². The Morgan fingerprint density at radius 3 is 2.50 bits per heavy atom. The normalized spacial score (nSPS) is 14.2. The molecule has 0 spiro atoms. The molecule has 3 N–H and O–H groups in total. The zero-order valence-electron chi connectivity index (χ0n) is 11.4. The van der Waals surface area contributed by atoms with E-state index in [-0.39, 0.29) is 11.3 Å². The molecule has 2 heterocycles. The molecule has 0 aliphatic rings. The van der Waals surface area contributed by atoms with E-state index in [0.29, 0.717) is 0 Å². The minimum atomic E-state index is -4.87. The van der Waals surface area contributed by atoms with Gasteiger partial charge in [0.1, 0.15) is 6.04 Å². The van der Waals surface area contributed by atoms with Crippen molar-refractivity contribution in [2.24, 2.45) is 7.05 Å². The number of nitrogens with one attached hydrogen (secondary N) is 1. The number of sulfonamides is 1. The van der Waals surface area contributed by atoms with E-state index in [2.05, 4.69) is 14.8 Å². The van der Waals surface area contributed by atoms with E-state index in [0.717, 1.165) is 17.1 Å². The van der Waals surface area contributed by atoms with Crippen LogP contribution in [0.1, 0.15) is 17.4 Å². The van der Waals surface area contributed by atoms with Crippen molar-refractivity contribution in [3.8, 4) is 0 Å². The molecule has 0 saturated heterocycles. The van der Waals surface area contributed by atoms with Crippen LogP contribution in [0, 0.1) is 6.92 Å². The zero-order valence-corrected chi connectivity index (χ0v) is 12.2. The Hall–Kier alpha value is -2.08. The number of rotatable bonds is 4. The van der Waals surface area contributed by atoms with E-state index < -0.39 is 33.0 Å². The van der Waals surface area contributed by atoms with Crippen molar-refractivity contribution in [3.05, 3.63) is 23.7 Å². The highest BCUT2D eigenvalue weighted by molar-refractivity contribution is 7.89. The Morgan fingerprint density at radius 1 is 1.45 bits per heavy atom. The first-order chi connectivity index (χ1) is 10.0. The zero-order chi connectivity index (χ0) is 16.7. The maximum atomic E-state index is 13.2. The minimum absolute atomic E-state index is 0.211. The SMILES string of the molecule is Cc1onc(N)c1S(=O)(=O)NC(c1cnn(C)c1)C(F)(F)F. The van der Waals surface area contributed by atoms with Crippen LogP contribution in [0.5, 0.6) is 0 Å². The number of nitrogens with two attached hydrogens (primary N) is 1. The molecular formula is C10H12F3N5O3S. The van der Waals surface area contributed by atoms with Crippen molar-refractivity contribution in [3.63, 3.8) is 0 Å². The molecule has 122 valence electrons. The average Bonchev–Trinajstić information content (AvgIpc) is 2.92. The van der Waals surface area contributed by atoms with Crippen LogP contribution < -0.4 is 10.5 Å². The van der Waals surface area contributed by atoms with Crippen LogP contribution in [0.2, 0.25) is 0 Å². The average molecular weight is 339 g/mol. The highest BCUT2D eigenvalue weighted by Gasteiger charge is 2.45. The third-order valence-electron chi connectivity index (χ3n) is 2.76. The van der Waals surface area contributed by atoms with Crippen molar-refractivity contribution < 1.29 is 26.1 Å². The molecule has 2 rings (SSSR count). The number of nitrogen functional groups attached to an aromatic ring is 1. The fourth-order valence-corrected chi connectivity index (χ4v) is 3.26. The third-order valence-corrected chi connectivity index (χ3v) is 4.34. The van der Waals surface area contributed by atoms with Crippen LogP contribution in [0.25, 0.3) is 0 Å². The standard InChI is InChI=1S/C10H12F3N5O3S/c1-5-7(9(14)16-21-5)22(19,20)17-8(10(11,12)13)6-3-15-18(2)4-6/h3-4,8,17H,1-2H3,(H2,14,16). The van der Waals surface area contributed by atoms with Crippen molar-refractivity contribution in [1.29, 1.82) is 0 Å². The van der Waals surface area contributed by atoms with E-state index in [9.17, 15) is 21.6 Å². The summed E-state index contributed by atoms with van der Waals surface area (Å²) in [6.45, 7) is 1.23. The lowest BCUT2D eigenvalue weighted by molar-refractivity contribution is -0.153. The largest absolute Gasteiger partial charge is 0.408 e. The van der Waals surface area contributed by atoms with Gasteiger partial charge in [0, 0.05) is 18.8 Å². The Kier molecular flexibility index (Phi) is 3.91. The molecule has 0 aliphatic heterocycles. The topological polar surface area (TPSA) is 116 Å².